The number of nitrogens with one attached hydrogen (secondary N) is 2. The second-order valence-electron chi connectivity index (χ2n) is 7.80. The number of rotatable bonds is 7. The lowest BCUT2D eigenvalue weighted by Gasteiger charge is -2.15. The van der Waals surface area contributed by atoms with Crippen molar-refractivity contribution in [3.8, 4) is 0 Å². The highest BCUT2D eigenvalue weighted by atomic mass is 32.2. The molecule has 1 heterocycles. The number of benzene rings is 2. The normalized spacial score (nSPS) is 13.8. The highest BCUT2D eigenvalue weighted by Gasteiger charge is 2.22. The first kappa shape index (κ1) is 23.6. The van der Waals surface area contributed by atoms with Crippen LogP contribution in [0, 0.1) is 0 Å². The third-order valence-electron chi connectivity index (χ3n) is 5.06. The van der Waals surface area contributed by atoms with Gasteiger partial charge in [-0.1, -0.05) is 56.8 Å². The van der Waals surface area contributed by atoms with Crippen LogP contribution in [0.1, 0.15) is 45.1 Å². The van der Waals surface area contributed by atoms with E-state index < -0.39 is 0 Å². The summed E-state index contributed by atoms with van der Waals surface area (Å²) in [5.41, 5.74) is 4.24. The first-order valence-corrected chi connectivity index (χ1v) is 11.6. The van der Waals surface area contributed by atoms with Crippen molar-refractivity contribution in [2.24, 2.45) is 4.99 Å². The Hall–Kier alpha value is -3.06. The van der Waals surface area contributed by atoms with Crippen molar-refractivity contribution in [2.45, 2.75) is 44.8 Å². The van der Waals surface area contributed by atoms with Crippen LogP contribution in [-0.2, 0) is 14.3 Å². The molecule has 0 fully saturated rings. The number of para-hydroxylation sites is 2. The molecule has 1 atom stereocenters. The maximum absolute atomic E-state index is 13.0. The van der Waals surface area contributed by atoms with Gasteiger partial charge < -0.3 is 15.4 Å². The molecule has 2 aromatic rings. The molecule has 0 unspecified atom stereocenters. The maximum Gasteiger partial charge on any atom is 0.311 e. The molecule has 3 rings (SSSR count). The summed E-state index contributed by atoms with van der Waals surface area (Å²) in [5, 5.41) is 6.60. The molecule has 6 nitrogen and oxygen atoms in total. The Balaban J connectivity index is 1.79. The van der Waals surface area contributed by atoms with Crippen LogP contribution >= 0.6 is 11.8 Å². The van der Waals surface area contributed by atoms with Gasteiger partial charge in [0.15, 0.2) is 0 Å². The minimum Gasteiger partial charge on any atom is -0.469 e. The molecule has 0 spiro atoms. The summed E-state index contributed by atoms with van der Waals surface area (Å²) in [6, 6.07) is 15.6. The number of carbonyl (C=O) groups is 2. The van der Waals surface area contributed by atoms with E-state index >= 15 is 0 Å². The lowest BCUT2D eigenvalue weighted by molar-refractivity contribution is -0.139. The summed E-state index contributed by atoms with van der Waals surface area (Å²) in [6.45, 7) is 6.25. The molecule has 0 aliphatic carbocycles. The number of ether oxygens (including phenoxy) is 1. The van der Waals surface area contributed by atoms with Gasteiger partial charge in [0.2, 0.25) is 5.91 Å². The summed E-state index contributed by atoms with van der Waals surface area (Å²) < 4.78 is 4.82. The summed E-state index contributed by atoms with van der Waals surface area (Å²) >= 11 is 1.39. The Labute approximate surface area is 193 Å². The zero-order chi connectivity index (χ0) is 23.1. The summed E-state index contributed by atoms with van der Waals surface area (Å²) in [6.07, 6.45) is 2.54. The standard InChI is InChI=1S/C25H29N3O3S/c1-5-22(25(30)27-18-12-10-17(11-13-18)16(2)3)32-23-14-19(15-24(29)31-4)26-20-8-6-7-9-21(20)28-23/h6-14,16,22,26H,5,15H2,1-4H3,(H,27,30)/t22-/m1/s1. The van der Waals surface area contributed by atoms with E-state index in [1.54, 1.807) is 0 Å². The second-order valence-corrected chi connectivity index (χ2v) is 9.02. The van der Waals surface area contributed by atoms with Crippen LogP contribution in [-0.4, -0.2) is 29.3 Å². The van der Waals surface area contributed by atoms with E-state index in [2.05, 4.69) is 24.5 Å². The minimum atomic E-state index is -0.345. The Morgan fingerprint density at radius 2 is 1.84 bits per heavy atom. The van der Waals surface area contributed by atoms with Gasteiger partial charge in [-0.25, -0.2) is 4.99 Å². The zero-order valence-corrected chi connectivity index (χ0v) is 19.7. The molecule has 2 N–H and O–H groups in total. The molecule has 0 aromatic heterocycles. The number of hydrogen-bond donors (Lipinski definition) is 2. The van der Waals surface area contributed by atoms with Crippen molar-refractivity contribution in [2.75, 3.05) is 17.7 Å². The fourth-order valence-electron chi connectivity index (χ4n) is 3.21. The predicted octanol–water partition coefficient (Wildman–Crippen LogP) is 5.86. The van der Waals surface area contributed by atoms with E-state index in [0.29, 0.717) is 23.1 Å². The van der Waals surface area contributed by atoms with Gasteiger partial charge in [0, 0.05) is 11.4 Å². The van der Waals surface area contributed by atoms with Gasteiger partial charge in [-0.05, 0) is 48.2 Å². The van der Waals surface area contributed by atoms with Gasteiger partial charge in [-0.2, -0.15) is 0 Å². The number of methoxy groups -OCH3 is 1. The molecule has 7 heteroatoms. The Kier molecular flexibility index (Phi) is 8.11. The molecule has 168 valence electrons. The van der Waals surface area contributed by atoms with Crippen LogP contribution in [0.3, 0.4) is 0 Å². The van der Waals surface area contributed by atoms with E-state index in [9.17, 15) is 9.59 Å². The highest BCUT2D eigenvalue weighted by molar-refractivity contribution is 8.15. The number of hydrogen-bond acceptors (Lipinski definition) is 6. The number of esters is 1. The largest absolute Gasteiger partial charge is 0.469 e. The fourth-order valence-corrected chi connectivity index (χ4v) is 4.20. The van der Waals surface area contributed by atoms with Crippen LogP contribution < -0.4 is 10.6 Å². The summed E-state index contributed by atoms with van der Waals surface area (Å²) in [7, 11) is 1.36. The van der Waals surface area contributed by atoms with E-state index in [0.717, 1.165) is 17.1 Å². The molecule has 2 aromatic carbocycles. The number of nitrogens with zero attached hydrogens (tertiary/aromatic N) is 1. The monoisotopic (exact) mass is 451 g/mol. The molecule has 0 saturated carbocycles. The van der Waals surface area contributed by atoms with Crippen molar-refractivity contribution >= 4 is 45.7 Å². The molecule has 0 bridgehead atoms. The first-order valence-electron chi connectivity index (χ1n) is 10.7. The molecular formula is C25H29N3O3S. The van der Waals surface area contributed by atoms with E-state index in [-0.39, 0.29) is 23.5 Å². The number of fused-ring (bicyclic) bond motifs is 1. The Morgan fingerprint density at radius 3 is 2.50 bits per heavy atom. The van der Waals surface area contributed by atoms with Crippen molar-refractivity contribution in [3.63, 3.8) is 0 Å². The molecule has 32 heavy (non-hydrogen) atoms. The third-order valence-corrected chi connectivity index (χ3v) is 6.34. The van der Waals surface area contributed by atoms with Crippen LogP contribution in [0.2, 0.25) is 0 Å². The first-order chi connectivity index (χ1) is 15.4. The number of amides is 1. The molecule has 1 amide bonds. The van der Waals surface area contributed by atoms with Crippen LogP contribution in [0.5, 0.6) is 0 Å². The molecule has 1 aliphatic rings. The quantitative estimate of drug-likeness (QED) is 0.515. The Morgan fingerprint density at radius 1 is 1.12 bits per heavy atom. The van der Waals surface area contributed by atoms with Gasteiger partial charge >= 0.3 is 5.97 Å². The van der Waals surface area contributed by atoms with Crippen molar-refractivity contribution < 1.29 is 14.3 Å². The Bertz CT molecular complexity index is 1030. The third kappa shape index (κ3) is 6.23. The lowest BCUT2D eigenvalue weighted by atomic mass is 10.0. The average Bonchev–Trinajstić information content (AvgIpc) is 2.95. The molecule has 0 radical (unpaired) electrons. The van der Waals surface area contributed by atoms with Gasteiger partial charge in [-0.15, -0.1) is 0 Å². The summed E-state index contributed by atoms with van der Waals surface area (Å²) in [5.74, 6) is 0.0161. The van der Waals surface area contributed by atoms with Crippen LogP contribution in [0.4, 0.5) is 17.1 Å². The molecule has 0 saturated heterocycles. The SMILES string of the molecule is CC[C@@H](SC1=Nc2ccccc2NC(CC(=O)OC)=C1)C(=O)Nc1ccc(C(C)C)cc1. The smallest absolute Gasteiger partial charge is 0.311 e. The van der Waals surface area contributed by atoms with Crippen molar-refractivity contribution in [1.29, 1.82) is 0 Å². The predicted molar refractivity (Wildman–Crippen MR) is 133 cm³/mol. The molecule has 1 aliphatic heterocycles. The number of anilines is 2. The molecular weight excluding hydrogens is 422 g/mol. The number of aliphatic imine (C=N–C) groups is 1. The fraction of sp³-hybridized carbons (Fsp3) is 0.320. The topological polar surface area (TPSA) is 79.8 Å². The van der Waals surface area contributed by atoms with E-state index in [4.69, 9.17) is 9.73 Å². The van der Waals surface area contributed by atoms with E-state index in [1.807, 2.05) is 61.5 Å². The van der Waals surface area contributed by atoms with Gasteiger partial charge in [0.25, 0.3) is 0 Å². The minimum absolute atomic E-state index is 0.0779. The van der Waals surface area contributed by atoms with Gasteiger partial charge in [0.1, 0.15) is 0 Å². The highest BCUT2D eigenvalue weighted by Crippen LogP contribution is 2.32. The van der Waals surface area contributed by atoms with Gasteiger partial charge in [0.05, 0.1) is 35.2 Å². The lowest BCUT2D eigenvalue weighted by Crippen LogP contribution is -2.25. The van der Waals surface area contributed by atoms with Crippen LogP contribution in [0.25, 0.3) is 0 Å². The second kappa shape index (κ2) is 11.0. The maximum atomic E-state index is 13.0. The zero-order valence-electron chi connectivity index (χ0n) is 18.8. The number of thioether (sulfide) groups is 1. The average molecular weight is 452 g/mol. The van der Waals surface area contributed by atoms with E-state index in [1.165, 1.54) is 24.4 Å². The summed E-state index contributed by atoms with van der Waals surface area (Å²) in [4.78, 5) is 29.6. The van der Waals surface area contributed by atoms with Crippen LogP contribution in [0.15, 0.2) is 65.3 Å². The number of carbonyl (C=O) groups excluding carboxylic acids is 2. The van der Waals surface area contributed by atoms with Crippen molar-refractivity contribution in [3.05, 3.63) is 65.9 Å². The van der Waals surface area contributed by atoms with Gasteiger partial charge in [-0.3, -0.25) is 9.59 Å². The van der Waals surface area contributed by atoms with Crippen molar-refractivity contribution in [1.82, 2.24) is 0 Å².